The third kappa shape index (κ3) is 2.97. The Bertz CT molecular complexity index is 897. The minimum Gasteiger partial charge on any atom is -0.279 e. The molecule has 0 unspecified atom stereocenters. The third-order valence-corrected chi connectivity index (χ3v) is 7.09. The van der Waals surface area contributed by atoms with Gasteiger partial charge in [-0.3, -0.25) is 4.72 Å². The second kappa shape index (κ2) is 5.44. The maximum Gasteiger partial charge on any atom is 0.271 e. The molecule has 0 amide bonds. The van der Waals surface area contributed by atoms with Gasteiger partial charge in [0.25, 0.3) is 10.0 Å². The van der Waals surface area contributed by atoms with Crippen LogP contribution < -0.4 is 4.72 Å². The standard InChI is InChI=1S/C15H12BrNO2S2/c1-10-8-14(20-15(10)16)21(18,19)17-13-7-6-11-4-2-3-5-12(11)9-13/h2-9,17H,1H3. The molecule has 1 N–H and O–H groups in total. The third-order valence-electron chi connectivity index (χ3n) is 3.10. The first-order chi connectivity index (χ1) is 9.95. The smallest absolute Gasteiger partial charge is 0.271 e. The summed E-state index contributed by atoms with van der Waals surface area (Å²) in [6.07, 6.45) is 0. The van der Waals surface area contributed by atoms with Gasteiger partial charge < -0.3 is 0 Å². The highest BCUT2D eigenvalue weighted by atomic mass is 79.9. The van der Waals surface area contributed by atoms with Crippen LogP contribution in [0.1, 0.15) is 5.56 Å². The van der Waals surface area contributed by atoms with Crippen LogP contribution in [0.4, 0.5) is 5.69 Å². The second-order valence-corrected chi connectivity index (χ2v) is 8.97. The Labute approximate surface area is 135 Å². The summed E-state index contributed by atoms with van der Waals surface area (Å²) in [5.74, 6) is 0. The van der Waals surface area contributed by atoms with E-state index >= 15 is 0 Å². The molecular weight excluding hydrogens is 370 g/mol. The molecule has 3 aromatic rings. The first-order valence-corrected chi connectivity index (χ1v) is 9.32. The van der Waals surface area contributed by atoms with Gasteiger partial charge in [-0.25, -0.2) is 8.42 Å². The quantitative estimate of drug-likeness (QED) is 0.709. The number of aryl methyl sites for hydroxylation is 1. The van der Waals surface area contributed by atoms with Gasteiger partial charge in [-0.15, -0.1) is 11.3 Å². The van der Waals surface area contributed by atoms with Gasteiger partial charge in [0.15, 0.2) is 0 Å². The lowest BCUT2D eigenvalue weighted by molar-refractivity contribution is 0.603. The summed E-state index contributed by atoms with van der Waals surface area (Å²) >= 11 is 4.56. The van der Waals surface area contributed by atoms with Crippen molar-refractivity contribution in [2.75, 3.05) is 4.72 Å². The van der Waals surface area contributed by atoms with E-state index in [1.807, 2.05) is 43.3 Å². The SMILES string of the molecule is Cc1cc(S(=O)(=O)Nc2ccc3ccccc3c2)sc1Br. The van der Waals surface area contributed by atoms with Crippen LogP contribution in [0.15, 0.2) is 56.5 Å². The largest absolute Gasteiger partial charge is 0.279 e. The predicted molar refractivity (Wildman–Crippen MR) is 91.5 cm³/mol. The van der Waals surface area contributed by atoms with Crippen molar-refractivity contribution >= 4 is 53.7 Å². The number of sulfonamides is 1. The summed E-state index contributed by atoms with van der Waals surface area (Å²) in [4.78, 5) is 0. The lowest BCUT2D eigenvalue weighted by Gasteiger charge is -2.07. The highest BCUT2D eigenvalue weighted by Crippen LogP contribution is 2.32. The molecule has 0 aliphatic rings. The van der Waals surface area contributed by atoms with Crippen LogP contribution in [-0.4, -0.2) is 8.42 Å². The highest BCUT2D eigenvalue weighted by Gasteiger charge is 2.18. The average molecular weight is 382 g/mol. The molecule has 0 spiro atoms. The van der Waals surface area contributed by atoms with Gasteiger partial charge in [0.05, 0.1) is 3.79 Å². The number of halogens is 1. The number of thiophene rings is 1. The van der Waals surface area contributed by atoms with Crippen LogP contribution in [0.25, 0.3) is 10.8 Å². The average Bonchev–Trinajstić information content (AvgIpc) is 2.79. The Balaban J connectivity index is 1.97. The van der Waals surface area contributed by atoms with E-state index < -0.39 is 10.0 Å². The van der Waals surface area contributed by atoms with Crippen molar-refractivity contribution in [1.82, 2.24) is 0 Å². The Morgan fingerprint density at radius 3 is 2.43 bits per heavy atom. The van der Waals surface area contributed by atoms with Gasteiger partial charge in [0.1, 0.15) is 4.21 Å². The molecule has 2 aromatic carbocycles. The van der Waals surface area contributed by atoms with Gasteiger partial charge >= 0.3 is 0 Å². The molecule has 1 heterocycles. The zero-order valence-electron chi connectivity index (χ0n) is 11.1. The summed E-state index contributed by atoms with van der Waals surface area (Å²) in [5.41, 5.74) is 1.48. The Morgan fingerprint density at radius 2 is 1.76 bits per heavy atom. The second-order valence-electron chi connectivity index (χ2n) is 4.69. The van der Waals surface area contributed by atoms with Crippen LogP contribution in [0.2, 0.25) is 0 Å². The van der Waals surface area contributed by atoms with Crippen molar-refractivity contribution in [1.29, 1.82) is 0 Å². The molecule has 0 atom stereocenters. The summed E-state index contributed by atoms with van der Waals surface area (Å²) in [7, 11) is -3.55. The van der Waals surface area contributed by atoms with Crippen molar-refractivity contribution in [3.63, 3.8) is 0 Å². The number of hydrogen-bond donors (Lipinski definition) is 1. The van der Waals surface area contributed by atoms with Crippen LogP contribution in [0, 0.1) is 6.92 Å². The van der Waals surface area contributed by atoms with Crippen molar-refractivity contribution in [3.05, 3.63) is 57.9 Å². The van der Waals surface area contributed by atoms with Crippen LogP contribution in [0.5, 0.6) is 0 Å². The first kappa shape index (κ1) is 14.6. The number of hydrogen-bond acceptors (Lipinski definition) is 3. The number of anilines is 1. The van der Waals surface area contributed by atoms with Crippen LogP contribution >= 0.6 is 27.3 Å². The molecule has 0 aliphatic heterocycles. The molecular formula is C15H12BrNO2S2. The fraction of sp³-hybridized carbons (Fsp3) is 0.0667. The number of benzene rings is 2. The Morgan fingerprint density at radius 1 is 1.05 bits per heavy atom. The molecule has 108 valence electrons. The minimum atomic E-state index is -3.55. The molecule has 3 rings (SSSR count). The summed E-state index contributed by atoms with van der Waals surface area (Å²) < 4.78 is 28.5. The van der Waals surface area contributed by atoms with E-state index in [1.165, 1.54) is 11.3 Å². The summed E-state index contributed by atoms with van der Waals surface area (Å²) in [6, 6.07) is 15.0. The number of fused-ring (bicyclic) bond motifs is 1. The highest BCUT2D eigenvalue weighted by molar-refractivity contribution is 9.11. The normalized spacial score (nSPS) is 11.7. The lowest BCUT2D eigenvalue weighted by Crippen LogP contribution is -2.11. The molecule has 0 bridgehead atoms. The molecule has 0 aliphatic carbocycles. The van der Waals surface area contributed by atoms with E-state index in [4.69, 9.17) is 0 Å². The topological polar surface area (TPSA) is 46.2 Å². The molecule has 0 saturated carbocycles. The van der Waals surface area contributed by atoms with Gasteiger partial charge in [0.2, 0.25) is 0 Å². The summed E-state index contributed by atoms with van der Waals surface area (Å²) in [6.45, 7) is 1.87. The molecule has 0 fully saturated rings. The first-order valence-electron chi connectivity index (χ1n) is 6.23. The van der Waals surface area contributed by atoms with E-state index in [0.29, 0.717) is 9.90 Å². The zero-order chi connectivity index (χ0) is 15.0. The predicted octanol–water partition coefficient (Wildman–Crippen LogP) is 4.77. The van der Waals surface area contributed by atoms with Gasteiger partial charge in [0, 0.05) is 5.69 Å². The molecule has 1 aromatic heterocycles. The van der Waals surface area contributed by atoms with E-state index in [1.54, 1.807) is 12.1 Å². The lowest BCUT2D eigenvalue weighted by atomic mass is 10.1. The van der Waals surface area contributed by atoms with Crippen molar-refractivity contribution in [2.45, 2.75) is 11.1 Å². The zero-order valence-corrected chi connectivity index (χ0v) is 14.3. The van der Waals surface area contributed by atoms with Gasteiger partial charge in [-0.2, -0.15) is 0 Å². The van der Waals surface area contributed by atoms with Gasteiger partial charge in [-0.1, -0.05) is 30.3 Å². The van der Waals surface area contributed by atoms with Crippen molar-refractivity contribution < 1.29 is 8.42 Å². The Kier molecular flexibility index (Phi) is 3.77. The van der Waals surface area contributed by atoms with E-state index in [-0.39, 0.29) is 0 Å². The van der Waals surface area contributed by atoms with Crippen LogP contribution in [-0.2, 0) is 10.0 Å². The number of rotatable bonds is 3. The molecule has 0 saturated heterocycles. The maximum absolute atomic E-state index is 12.4. The maximum atomic E-state index is 12.4. The fourth-order valence-electron chi connectivity index (χ4n) is 2.02. The fourth-order valence-corrected chi connectivity index (χ4v) is 5.30. The minimum absolute atomic E-state index is 0.306. The van der Waals surface area contributed by atoms with E-state index in [9.17, 15) is 8.42 Å². The van der Waals surface area contributed by atoms with E-state index in [2.05, 4.69) is 20.7 Å². The van der Waals surface area contributed by atoms with E-state index in [0.717, 1.165) is 20.1 Å². The molecule has 6 heteroatoms. The molecule has 0 radical (unpaired) electrons. The van der Waals surface area contributed by atoms with Crippen LogP contribution in [0.3, 0.4) is 0 Å². The molecule has 3 nitrogen and oxygen atoms in total. The molecule has 21 heavy (non-hydrogen) atoms. The van der Waals surface area contributed by atoms with Crippen molar-refractivity contribution in [2.24, 2.45) is 0 Å². The monoisotopic (exact) mass is 381 g/mol. The number of nitrogens with one attached hydrogen (secondary N) is 1. The van der Waals surface area contributed by atoms with Crippen molar-refractivity contribution in [3.8, 4) is 0 Å². The van der Waals surface area contributed by atoms with Gasteiger partial charge in [-0.05, 0) is 57.4 Å². The Hall–Kier alpha value is -1.37. The summed E-state index contributed by atoms with van der Waals surface area (Å²) in [5, 5.41) is 2.08.